The first-order valence-corrected chi connectivity index (χ1v) is 9.23. The molecular weight excluding hydrogens is 399 g/mol. The molecule has 6 nitrogen and oxygen atoms in total. The van der Waals surface area contributed by atoms with Crippen LogP contribution in [0.15, 0.2) is 18.3 Å². The molecule has 1 aromatic carbocycles. The smallest absolute Gasteiger partial charge is 0.259 e. The number of nitrogens with one attached hydrogen (secondary N) is 2. The fraction of sp³-hybridized carbons (Fsp3) is 0.353. The Balaban J connectivity index is 1.76. The topological polar surface area (TPSA) is 76.0 Å². The fourth-order valence-electron chi connectivity index (χ4n) is 2.98. The van der Waals surface area contributed by atoms with Crippen LogP contribution in [0.25, 0.3) is 0 Å². The highest BCUT2D eigenvalue weighted by Gasteiger charge is 2.25. The minimum atomic E-state index is -0.291. The predicted octanol–water partition coefficient (Wildman–Crippen LogP) is 3.79. The SMILES string of the molecule is CC(=O)NCC1CCn2ncc(C(=O)Nc3cc(Cl)c(Cl)c(Cl)c3)c2C1. The van der Waals surface area contributed by atoms with Gasteiger partial charge in [0.25, 0.3) is 5.91 Å². The summed E-state index contributed by atoms with van der Waals surface area (Å²) in [5.41, 5.74) is 1.81. The zero-order valence-corrected chi connectivity index (χ0v) is 16.3. The van der Waals surface area contributed by atoms with Gasteiger partial charge in [0.05, 0.1) is 32.5 Å². The van der Waals surface area contributed by atoms with E-state index >= 15 is 0 Å². The van der Waals surface area contributed by atoms with Gasteiger partial charge in [-0.2, -0.15) is 5.10 Å². The Morgan fingerprint density at radius 2 is 1.96 bits per heavy atom. The number of carbonyl (C=O) groups excluding carboxylic acids is 2. The maximum atomic E-state index is 12.7. The molecule has 138 valence electrons. The summed E-state index contributed by atoms with van der Waals surface area (Å²) in [5, 5.41) is 10.7. The summed E-state index contributed by atoms with van der Waals surface area (Å²) in [7, 11) is 0. The summed E-state index contributed by atoms with van der Waals surface area (Å²) in [6.45, 7) is 2.80. The highest BCUT2D eigenvalue weighted by molar-refractivity contribution is 6.48. The van der Waals surface area contributed by atoms with Crippen LogP contribution in [0.5, 0.6) is 0 Å². The lowest BCUT2D eigenvalue weighted by Gasteiger charge is -2.24. The second-order valence-corrected chi connectivity index (χ2v) is 7.42. The molecule has 1 aliphatic heterocycles. The summed E-state index contributed by atoms with van der Waals surface area (Å²) in [5.74, 6) is -0.0755. The van der Waals surface area contributed by atoms with Crippen LogP contribution in [-0.2, 0) is 17.8 Å². The van der Waals surface area contributed by atoms with Gasteiger partial charge in [-0.05, 0) is 30.9 Å². The zero-order valence-electron chi connectivity index (χ0n) is 14.0. The van der Waals surface area contributed by atoms with Crippen molar-refractivity contribution >= 4 is 52.3 Å². The molecule has 9 heteroatoms. The molecule has 0 saturated carbocycles. The molecule has 0 fully saturated rings. The molecule has 2 N–H and O–H groups in total. The van der Waals surface area contributed by atoms with Crippen LogP contribution < -0.4 is 10.6 Å². The van der Waals surface area contributed by atoms with Crippen LogP contribution in [0, 0.1) is 5.92 Å². The van der Waals surface area contributed by atoms with E-state index in [4.69, 9.17) is 34.8 Å². The monoisotopic (exact) mass is 414 g/mol. The van der Waals surface area contributed by atoms with Crippen LogP contribution in [0.4, 0.5) is 5.69 Å². The molecular formula is C17H17Cl3N4O2. The molecule has 1 unspecified atom stereocenters. The van der Waals surface area contributed by atoms with Gasteiger partial charge in [0.2, 0.25) is 5.91 Å². The summed E-state index contributed by atoms with van der Waals surface area (Å²) >= 11 is 17.9. The second-order valence-electron chi connectivity index (χ2n) is 6.23. The van der Waals surface area contributed by atoms with Crippen molar-refractivity contribution in [3.8, 4) is 0 Å². The Morgan fingerprint density at radius 3 is 2.62 bits per heavy atom. The largest absolute Gasteiger partial charge is 0.356 e. The van der Waals surface area contributed by atoms with Crippen LogP contribution in [0.3, 0.4) is 0 Å². The lowest BCUT2D eigenvalue weighted by atomic mass is 9.94. The van der Waals surface area contributed by atoms with Crippen molar-refractivity contribution in [2.24, 2.45) is 5.92 Å². The van der Waals surface area contributed by atoms with Crippen LogP contribution in [0.1, 0.15) is 29.4 Å². The molecule has 2 amide bonds. The lowest BCUT2D eigenvalue weighted by Crippen LogP contribution is -2.32. The van der Waals surface area contributed by atoms with Gasteiger partial charge in [0, 0.05) is 25.7 Å². The lowest BCUT2D eigenvalue weighted by molar-refractivity contribution is -0.119. The normalized spacial score (nSPS) is 16.1. The molecule has 1 aliphatic rings. The third-order valence-electron chi connectivity index (χ3n) is 4.31. The molecule has 0 radical (unpaired) electrons. The molecule has 2 heterocycles. The predicted molar refractivity (Wildman–Crippen MR) is 102 cm³/mol. The second kappa shape index (κ2) is 7.86. The molecule has 2 aromatic rings. The van der Waals surface area contributed by atoms with Gasteiger partial charge in [-0.1, -0.05) is 34.8 Å². The number of aryl methyl sites for hydroxylation is 1. The Hall–Kier alpha value is -1.76. The summed E-state index contributed by atoms with van der Waals surface area (Å²) < 4.78 is 1.83. The molecule has 0 saturated heterocycles. The molecule has 0 spiro atoms. The van der Waals surface area contributed by atoms with E-state index in [0.717, 1.165) is 12.1 Å². The number of fused-ring (bicyclic) bond motifs is 1. The summed E-state index contributed by atoms with van der Waals surface area (Å²) in [6, 6.07) is 3.09. The van der Waals surface area contributed by atoms with Crippen molar-refractivity contribution in [3.63, 3.8) is 0 Å². The Kier molecular flexibility index (Phi) is 5.75. The Bertz CT molecular complexity index is 843. The number of anilines is 1. The first-order valence-electron chi connectivity index (χ1n) is 8.10. The van der Waals surface area contributed by atoms with Crippen LogP contribution >= 0.6 is 34.8 Å². The van der Waals surface area contributed by atoms with E-state index in [1.807, 2.05) is 4.68 Å². The standard InChI is InChI=1S/C17H17Cl3N4O2/c1-9(25)21-7-10-2-3-24-15(4-10)12(8-22-24)17(26)23-11-5-13(18)16(20)14(19)6-11/h5-6,8,10H,2-4,7H2,1H3,(H,21,25)(H,23,26). The third kappa shape index (κ3) is 4.14. The quantitative estimate of drug-likeness (QED) is 0.746. The van der Waals surface area contributed by atoms with Crippen LogP contribution in [-0.4, -0.2) is 28.1 Å². The highest BCUT2D eigenvalue weighted by Crippen LogP contribution is 2.33. The number of amides is 2. The molecule has 0 aliphatic carbocycles. The number of hydrogen-bond donors (Lipinski definition) is 2. The van der Waals surface area contributed by atoms with Crippen molar-refractivity contribution in [1.29, 1.82) is 0 Å². The van der Waals surface area contributed by atoms with Gasteiger partial charge < -0.3 is 10.6 Å². The van der Waals surface area contributed by atoms with E-state index in [-0.39, 0.29) is 32.8 Å². The Labute approximate surface area is 165 Å². The maximum Gasteiger partial charge on any atom is 0.259 e. The molecule has 3 rings (SSSR count). The molecule has 26 heavy (non-hydrogen) atoms. The molecule has 1 aromatic heterocycles. The zero-order chi connectivity index (χ0) is 18.8. The minimum absolute atomic E-state index is 0.0569. The van der Waals surface area contributed by atoms with Crippen molar-refractivity contribution < 1.29 is 9.59 Å². The first-order chi connectivity index (χ1) is 12.3. The van der Waals surface area contributed by atoms with Crippen molar-refractivity contribution in [3.05, 3.63) is 44.7 Å². The fourth-order valence-corrected chi connectivity index (χ4v) is 3.57. The Morgan fingerprint density at radius 1 is 1.27 bits per heavy atom. The highest BCUT2D eigenvalue weighted by atomic mass is 35.5. The number of nitrogens with zero attached hydrogens (tertiary/aromatic N) is 2. The van der Waals surface area contributed by atoms with Gasteiger partial charge in [-0.3, -0.25) is 14.3 Å². The first kappa shape index (κ1) is 19.0. The number of halogens is 3. The van der Waals surface area contributed by atoms with Gasteiger partial charge in [-0.25, -0.2) is 0 Å². The van der Waals surface area contributed by atoms with E-state index in [0.29, 0.717) is 30.8 Å². The van der Waals surface area contributed by atoms with Gasteiger partial charge in [-0.15, -0.1) is 0 Å². The summed E-state index contributed by atoms with van der Waals surface area (Å²) in [6.07, 6.45) is 3.13. The van der Waals surface area contributed by atoms with Crippen molar-refractivity contribution in [1.82, 2.24) is 15.1 Å². The van der Waals surface area contributed by atoms with E-state index in [1.54, 1.807) is 18.3 Å². The van der Waals surface area contributed by atoms with Crippen molar-refractivity contribution in [2.75, 3.05) is 11.9 Å². The number of benzene rings is 1. The van der Waals surface area contributed by atoms with Crippen molar-refractivity contribution in [2.45, 2.75) is 26.3 Å². The number of aromatic nitrogens is 2. The van der Waals surface area contributed by atoms with Crippen LogP contribution in [0.2, 0.25) is 15.1 Å². The maximum absolute atomic E-state index is 12.7. The van der Waals surface area contributed by atoms with Gasteiger partial charge >= 0.3 is 0 Å². The van der Waals surface area contributed by atoms with Gasteiger partial charge in [0.15, 0.2) is 0 Å². The minimum Gasteiger partial charge on any atom is -0.356 e. The average molecular weight is 416 g/mol. The number of rotatable bonds is 4. The van der Waals surface area contributed by atoms with E-state index in [2.05, 4.69) is 15.7 Å². The number of hydrogen-bond acceptors (Lipinski definition) is 3. The summed E-state index contributed by atoms with van der Waals surface area (Å²) in [4.78, 5) is 23.8. The van der Waals surface area contributed by atoms with Gasteiger partial charge in [0.1, 0.15) is 0 Å². The molecule has 1 atom stereocenters. The van der Waals surface area contributed by atoms with E-state index in [1.165, 1.54) is 6.92 Å². The van der Waals surface area contributed by atoms with E-state index < -0.39 is 0 Å². The third-order valence-corrected chi connectivity index (χ3v) is 5.50. The van der Waals surface area contributed by atoms with E-state index in [9.17, 15) is 9.59 Å². The molecule has 0 bridgehead atoms. The average Bonchev–Trinajstić information content (AvgIpc) is 3.01. The number of carbonyl (C=O) groups is 2.